The maximum absolute atomic E-state index is 11.3. The molecule has 0 atom stereocenters. The molecule has 2 aromatic rings. The highest BCUT2D eigenvalue weighted by Crippen LogP contribution is 2.09. The SMILES string of the molecule is O=c1[nH]nc(N/N=C\c2cccc(Br)c2)c(=O)[nH]1. The molecule has 0 saturated heterocycles. The predicted molar refractivity (Wildman–Crippen MR) is 70.8 cm³/mol. The van der Waals surface area contributed by atoms with E-state index < -0.39 is 11.2 Å². The summed E-state index contributed by atoms with van der Waals surface area (Å²) in [6.07, 6.45) is 1.52. The number of nitrogens with zero attached hydrogens (tertiary/aromatic N) is 2. The van der Waals surface area contributed by atoms with Crippen LogP contribution in [0.1, 0.15) is 5.56 Å². The van der Waals surface area contributed by atoms with E-state index in [1.807, 2.05) is 29.2 Å². The normalized spacial score (nSPS) is 10.7. The summed E-state index contributed by atoms with van der Waals surface area (Å²) in [6.45, 7) is 0. The fraction of sp³-hybridized carbons (Fsp3) is 0. The molecule has 0 aliphatic carbocycles. The lowest BCUT2D eigenvalue weighted by molar-refractivity contribution is 0.890. The first kappa shape index (κ1) is 12.2. The molecule has 18 heavy (non-hydrogen) atoms. The summed E-state index contributed by atoms with van der Waals surface area (Å²) in [5.41, 5.74) is 1.98. The van der Waals surface area contributed by atoms with Gasteiger partial charge in [0.2, 0.25) is 5.82 Å². The smallest absolute Gasteiger partial charge is 0.270 e. The van der Waals surface area contributed by atoms with Crippen molar-refractivity contribution >= 4 is 28.0 Å². The molecule has 0 spiro atoms. The molecule has 0 aliphatic heterocycles. The van der Waals surface area contributed by atoms with Crippen LogP contribution in [-0.4, -0.2) is 21.4 Å². The highest BCUT2D eigenvalue weighted by atomic mass is 79.9. The van der Waals surface area contributed by atoms with Crippen LogP contribution >= 0.6 is 15.9 Å². The molecule has 1 heterocycles. The Bertz CT molecular complexity index is 691. The van der Waals surface area contributed by atoms with E-state index in [-0.39, 0.29) is 5.82 Å². The van der Waals surface area contributed by atoms with Crippen molar-refractivity contribution in [1.82, 2.24) is 15.2 Å². The summed E-state index contributed by atoms with van der Waals surface area (Å²) in [4.78, 5) is 24.0. The zero-order valence-electron chi connectivity index (χ0n) is 8.98. The average Bonchev–Trinajstić information content (AvgIpc) is 2.32. The molecule has 92 valence electrons. The molecule has 7 nitrogen and oxygen atoms in total. The number of hydrogen-bond donors (Lipinski definition) is 3. The number of aromatic nitrogens is 3. The van der Waals surface area contributed by atoms with Gasteiger partial charge in [-0.15, -0.1) is 5.10 Å². The minimum Gasteiger partial charge on any atom is -0.270 e. The molecule has 8 heteroatoms. The molecule has 3 N–H and O–H groups in total. The van der Waals surface area contributed by atoms with Gasteiger partial charge in [0.05, 0.1) is 6.21 Å². The number of nitrogens with one attached hydrogen (secondary N) is 3. The molecule has 0 unspecified atom stereocenters. The minimum absolute atomic E-state index is 0.0825. The zero-order chi connectivity index (χ0) is 13.0. The molecule has 2 rings (SSSR count). The Morgan fingerprint density at radius 1 is 1.39 bits per heavy atom. The highest BCUT2D eigenvalue weighted by Gasteiger charge is 1.98. The Kier molecular flexibility index (Phi) is 3.68. The van der Waals surface area contributed by atoms with Gasteiger partial charge in [-0.2, -0.15) is 5.10 Å². The molecular formula is C10H8BrN5O2. The predicted octanol–water partition coefficient (Wildman–Crippen LogP) is 0.667. The van der Waals surface area contributed by atoms with Crippen molar-refractivity contribution in [2.75, 3.05) is 5.43 Å². The molecular weight excluding hydrogens is 302 g/mol. The van der Waals surface area contributed by atoms with Gasteiger partial charge in [0.15, 0.2) is 0 Å². The van der Waals surface area contributed by atoms with Crippen LogP contribution in [0.25, 0.3) is 0 Å². The van der Waals surface area contributed by atoms with E-state index in [0.29, 0.717) is 0 Å². The first-order chi connectivity index (χ1) is 8.65. The number of benzene rings is 1. The Hall–Kier alpha value is -2.22. The third-order valence-electron chi connectivity index (χ3n) is 1.94. The van der Waals surface area contributed by atoms with Crippen molar-refractivity contribution < 1.29 is 0 Å². The monoisotopic (exact) mass is 309 g/mol. The van der Waals surface area contributed by atoms with Gasteiger partial charge in [-0.05, 0) is 17.7 Å². The van der Waals surface area contributed by atoms with E-state index in [1.54, 1.807) is 0 Å². The molecule has 1 aromatic heterocycles. The Morgan fingerprint density at radius 2 is 2.22 bits per heavy atom. The third-order valence-corrected chi connectivity index (χ3v) is 2.44. The van der Waals surface area contributed by atoms with Crippen LogP contribution in [0.15, 0.2) is 43.4 Å². The van der Waals surface area contributed by atoms with Gasteiger partial charge >= 0.3 is 5.69 Å². The molecule has 0 radical (unpaired) electrons. The van der Waals surface area contributed by atoms with Gasteiger partial charge in [-0.1, -0.05) is 28.1 Å². The van der Waals surface area contributed by atoms with Crippen molar-refractivity contribution in [3.05, 3.63) is 55.1 Å². The van der Waals surface area contributed by atoms with Gasteiger partial charge in [-0.25, -0.2) is 9.89 Å². The number of hydrogen-bond acceptors (Lipinski definition) is 5. The second kappa shape index (κ2) is 5.41. The van der Waals surface area contributed by atoms with E-state index >= 15 is 0 Å². The lowest BCUT2D eigenvalue weighted by Gasteiger charge is -1.96. The zero-order valence-corrected chi connectivity index (χ0v) is 10.6. The Labute approximate surface area is 109 Å². The maximum atomic E-state index is 11.3. The minimum atomic E-state index is -0.665. The Morgan fingerprint density at radius 3 is 2.94 bits per heavy atom. The molecule has 0 bridgehead atoms. The summed E-state index contributed by atoms with van der Waals surface area (Å²) < 4.78 is 0.923. The van der Waals surface area contributed by atoms with E-state index in [9.17, 15) is 9.59 Å². The number of H-pyrrole nitrogens is 2. The van der Waals surface area contributed by atoms with Gasteiger partial charge in [0.25, 0.3) is 5.56 Å². The van der Waals surface area contributed by atoms with Gasteiger partial charge in [0, 0.05) is 4.47 Å². The molecule has 0 amide bonds. The number of hydrazone groups is 1. The highest BCUT2D eigenvalue weighted by molar-refractivity contribution is 9.10. The van der Waals surface area contributed by atoms with E-state index in [4.69, 9.17) is 0 Å². The first-order valence-corrected chi connectivity index (χ1v) is 5.68. The Balaban J connectivity index is 2.12. The summed E-state index contributed by atoms with van der Waals surface area (Å²) >= 11 is 3.33. The van der Waals surface area contributed by atoms with Crippen LogP contribution in [0.4, 0.5) is 5.82 Å². The van der Waals surface area contributed by atoms with Crippen LogP contribution < -0.4 is 16.7 Å². The van der Waals surface area contributed by atoms with Gasteiger partial charge in [-0.3, -0.25) is 15.2 Å². The van der Waals surface area contributed by atoms with Crippen LogP contribution in [0, 0.1) is 0 Å². The largest absolute Gasteiger partial charge is 0.342 e. The summed E-state index contributed by atoms with van der Waals surface area (Å²) in [5.74, 6) is -0.0825. The number of halogens is 1. The second-order valence-electron chi connectivity index (χ2n) is 3.28. The molecule has 1 aromatic carbocycles. The standard InChI is InChI=1S/C10H8BrN5O2/c11-7-3-1-2-6(4-7)5-12-14-8-9(17)13-10(18)16-15-8/h1-5H,(H,14,15)(H2,13,16,17,18)/b12-5-. The second-order valence-corrected chi connectivity index (χ2v) is 4.20. The fourth-order valence-electron chi connectivity index (χ4n) is 1.18. The van der Waals surface area contributed by atoms with Gasteiger partial charge in [0.1, 0.15) is 0 Å². The lowest BCUT2D eigenvalue weighted by atomic mass is 10.2. The van der Waals surface area contributed by atoms with E-state index in [2.05, 4.69) is 36.7 Å². The summed E-state index contributed by atoms with van der Waals surface area (Å²) in [7, 11) is 0. The van der Waals surface area contributed by atoms with Crippen molar-refractivity contribution in [2.45, 2.75) is 0 Å². The van der Waals surface area contributed by atoms with Crippen molar-refractivity contribution in [1.29, 1.82) is 0 Å². The maximum Gasteiger partial charge on any atom is 0.342 e. The van der Waals surface area contributed by atoms with Crippen LogP contribution in [-0.2, 0) is 0 Å². The molecule has 0 fully saturated rings. The van der Waals surface area contributed by atoms with Crippen LogP contribution in [0.5, 0.6) is 0 Å². The van der Waals surface area contributed by atoms with Crippen molar-refractivity contribution in [3.63, 3.8) is 0 Å². The summed E-state index contributed by atoms with van der Waals surface area (Å²) in [5, 5.41) is 9.45. The van der Waals surface area contributed by atoms with E-state index in [1.165, 1.54) is 6.21 Å². The van der Waals surface area contributed by atoms with Crippen molar-refractivity contribution in [3.8, 4) is 0 Å². The van der Waals surface area contributed by atoms with Crippen LogP contribution in [0.3, 0.4) is 0 Å². The molecule has 0 saturated carbocycles. The topological polar surface area (TPSA) is 103 Å². The quantitative estimate of drug-likeness (QED) is 0.572. The van der Waals surface area contributed by atoms with E-state index in [0.717, 1.165) is 10.0 Å². The number of rotatable bonds is 3. The van der Waals surface area contributed by atoms with Gasteiger partial charge < -0.3 is 0 Å². The fourth-order valence-corrected chi connectivity index (χ4v) is 1.60. The lowest BCUT2D eigenvalue weighted by Crippen LogP contribution is -2.25. The van der Waals surface area contributed by atoms with Crippen LogP contribution in [0.2, 0.25) is 0 Å². The summed E-state index contributed by atoms with van der Waals surface area (Å²) in [6, 6.07) is 7.45. The first-order valence-electron chi connectivity index (χ1n) is 4.89. The number of anilines is 1. The van der Waals surface area contributed by atoms with Crippen molar-refractivity contribution in [2.24, 2.45) is 5.10 Å². The molecule has 0 aliphatic rings. The average molecular weight is 310 g/mol. The number of aromatic amines is 2. The third kappa shape index (κ3) is 3.14.